The predicted molar refractivity (Wildman–Crippen MR) is 86.7 cm³/mol. The number of aromatic hydroxyl groups is 2. The van der Waals surface area contributed by atoms with Crippen molar-refractivity contribution < 1.29 is 24.7 Å². The summed E-state index contributed by atoms with van der Waals surface area (Å²) in [7, 11) is 0. The maximum atomic E-state index is 12.3. The first kappa shape index (κ1) is 17.3. The molecule has 0 spiro atoms. The lowest BCUT2D eigenvalue weighted by Gasteiger charge is -2.11. The van der Waals surface area contributed by atoms with Gasteiger partial charge in [-0.3, -0.25) is 14.9 Å². The molecule has 0 aliphatic heterocycles. The van der Waals surface area contributed by atoms with E-state index in [4.69, 9.17) is 4.74 Å². The third-order valence-electron chi connectivity index (χ3n) is 3.39. The van der Waals surface area contributed by atoms with Crippen molar-refractivity contribution in [2.75, 3.05) is 6.61 Å². The minimum atomic E-state index is -0.532. The van der Waals surface area contributed by atoms with Crippen LogP contribution >= 0.6 is 0 Å². The highest BCUT2D eigenvalue weighted by molar-refractivity contribution is 6.01. The molecule has 0 fully saturated rings. The zero-order valence-electron chi connectivity index (χ0n) is 13.1. The van der Waals surface area contributed by atoms with Crippen molar-refractivity contribution in [3.05, 3.63) is 57.6 Å². The summed E-state index contributed by atoms with van der Waals surface area (Å²) >= 11 is 0. The third kappa shape index (κ3) is 3.81. The summed E-state index contributed by atoms with van der Waals surface area (Å²) in [4.78, 5) is 22.4. The fraction of sp³-hybridized carbons (Fsp3) is 0.235. The number of rotatable bonds is 7. The van der Waals surface area contributed by atoms with Crippen molar-refractivity contribution >= 4 is 11.5 Å². The van der Waals surface area contributed by atoms with Crippen molar-refractivity contribution in [1.29, 1.82) is 0 Å². The number of non-ortho nitro benzene ring substituents is 1. The molecule has 7 nitrogen and oxygen atoms in total. The molecule has 2 aromatic rings. The van der Waals surface area contributed by atoms with Crippen molar-refractivity contribution in [3.63, 3.8) is 0 Å². The summed E-state index contributed by atoms with van der Waals surface area (Å²) in [5, 5.41) is 30.5. The van der Waals surface area contributed by atoms with Gasteiger partial charge in [-0.25, -0.2) is 0 Å². The van der Waals surface area contributed by atoms with Gasteiger partial charge in [0.05, 0.1) is 17.1 Å². The van der Waals surface area contributed by atoms with Crippen LogP contribution in [0.25, 0.3) is 0 Å². The Morgan fingerprint density at radius 2 is 1.79 bits per heavy atom. The second-order valence-corrected chi connectivity index (χ2v) is 5.18. The Kier molecular flexibility index (Phi) is 5.36. The molecular weight excluding hydrogens is 314 g/mol. The normalized spacial score (nSPS) is 10.4. The molecule has 2 rings (SSSR count). The number of benzene rings is 2. The van der Waals surface area contributed by atoms with Gasteiger partial charge in [0.15, 0.2) is 17.3 Å². The number of phenols is 2. The molecule has 0 amide bonds. The number of nitro benzene ring substituents is 1. The smallest absolute Gasteiger partial charge is 0.269 e. The topological polar surface area (TPSA) is 110 Å². The van der Waals surface area contributed by atoms with E-state index in [0.717, 1.165) is 6.42 Å². The first-order valence-electron chi connectivity index (χ1n) is 7.38. The Balaban J connectivity index is 2.17. The zero-order chi connectivity index (χ0) is 17.7. The Hall–Kier alpha value is -3.09. The van der Waals surface area contributed by atoms with Crippen LogP contribution in [0.1, 0.15) is 29.3 Å². The maximum Gasteiger partial charge on any atom is 0.269 e. The van der Waals surface area contributed by atoms with Gasteiger partial charge in [0.2, 0.25) is 5.75 Å². The van der Waals surface area contributed by atoms with Gasteiger partial charge in [-0.15, -0.1) is 0 Å². The van der Waals surface area contributed by atoms with E-state index in [0.29, 0.717) is 12.2 Å². The largest absolute Gasteiger partial charge is 0.504 e. The highest BCUT2D eigenvalue weighted by Crippen LogP contribution is 2.38. The highest BCUT2D eigenvalue weighted by atomic mass is 16.6. The molecule has 0 aliphatic carbocycles. The molecule has 7 heteroatoms. The lowest BCUT2D eigenvalue weighted by Crippen LogP contribution is -2.05. The van der Waals surface area contributed by atoms with Crippen molar-refractivity contribution in [1.82, 2.24) is 0 Å². The summed E-state index contributed by atoms with van der Waals surface area (Å²) in [6.07, 6.45) is 0.682. The Bertz CT molecular complexity index is 754. The standard InChI is InChI=1S/C17H17NO6/c1-2-9-24-15-8-7-13(16(20)17(15)21)14(19)10-11-3-5-12(6-4-11)18(22)23/h3-8,20-21H,2,9-10H2,1H3. The molecule has 126 valence electrons. The van der Waals surface area contributed by atoms with Gasteiger partial charge < -0.3 is 14.9 Å². The third-order valence-corrected chi connectivity index (χ3v) is 3.39. The number of nitrogens with zero attached hydrogens (tertiary/aromatic N) is 1. The molecule has 0 saturated heterocycles. The van der Waals surface area contributed by atoms with E-state index in [-0.39, 0.29) is 23.4 Å². The molecule has 0 aromatic heterocycles. The minimum absolute atomic E-state index is 0.0327. The number of ether oxygens (including phenoxy) is 1. The van der Waals surface area contributed by atoms with E-state index >= 15 is 0 Å². The van der Waals surface area contributed by atoms with Crippen LogP contribution in [0, 0.1) is 10.1 Å². The molecule has 0 radical (unpaired) electrons. The van der Waals surface area contributed by atoms with E-state index in [1.807, 2.05) is 6.92 Å². The Morgan fingerprint density at radius 1 is 1.12 bits per heavy atom. The fourth-order valence-electron chi connectivity index (χ4n) is 2.13. The van der Waals surface area contributed by atoms with Gasteiger partial charge in [0.1, 0.15) is 0 Å². The lowest BCUT2D eigenvalue weighted by molar-refractivity contribution is -0.384. The van der Waals surface area contributed by atoms with Gasteiger partial charge in [0.25, 0.3) is 5.69 Å². The second kappa shape index (κ2) is 7.45. The second-order valence-electron chi connectivity index (χ2n) is 5.18. The van der Waals surface area contributed by atoms with Gasteiger partial charge in [-0.2, -0.15) is 0 Å². The van der Waals surface area contributed by atoms with E-state index in [1.165, 1.54) is 36.4 Å². The van der Waals surface area contributed by atoms with Crippen LogP contribution in [0.5, 0.6) is 17.2 Å². The van der Waals surface area contributed by atoms with E-state index in [2.05, 4.69) is 0 Å². The van der Waals surface area contributed by atoms with Crippen LogP contribution in [0.15, 0.2) is 36.4 Å². The number of nitro groups is 1. The summed E-state index contributed by atoms with van der Waals surface area (Å²) in [5.74, 6) is -1.31. The van der Waals surface area contributed by atoms with Crippen LogP contribution in [-0.4, -0.2) is 27.5 Å². The fourth-order valence-corrected chi connectivity index (χ4v) is 2.13. The summed E-state index contributed by atoms with van der Waals surface area (Å²) in [5.41, 5.74) is 0.467. The SMILES string of the molecule is CCCOc1ccc(C(=O)Cc2ccc([N+](=O)[O-])cc2)c(O)c1O. The average molecular weight is 331 g/mol. The molecule has 0 atom stereocenters. The number of phenolic OH excluding ortho intramolecular Hbond substituents is 2. The number of ketones is 1. The number of hydrogen-bond donors (Lipinski definition) is 2. The number of Topliss-reactive ketones (excluding diaryl/α,β-unsaturated/α-hetero) is 1. The predicted octanol–water partition coefficient (Wildman–Crippen LogP) is 3.22. The molecular formula is C17H17NO6. The molecule has 2 N–H and O–H groups in total. The van der Waals surface area contributed by atoms with Crippen molar-refractivity contribution in [2.45, 2.75) is 19.8 Å². The Morgan fingerprint density at radius 3 is 2.38 bits per heavy atom. The zero-order valence-corrected chi connectivity index (χ0v) is 13.1. The molecule has 0 aliphatic rings. The maximum absolute atomic E-state index is 12.3. The van der Waals surface area contributed by atoms with Gasteiger partial charge in [-0.1, -0.05) is 19.1 Å². The van der Waals surface area contributed by atoms with Crippen LogP contribution in [0.2, 0.25) is 0 Å². The highest BCUT2D eigenvalue weighted by Gasteiger charge is 2.18. The van der Waals surface area contributed by atoms with E-state index < -0.39 is 22.2 Å². The molecule has 0 saturated carbocycles. The van der Waals surface area contributed by atoms with Gasteiger partial charge >= 0.3 is 0 Å². The van der Waals surface area contributed by atoms with E-state index in [9.17, 15) is 25.1 Å². The van der Waals surface area contributed by atoms with Crippen molar-refractivity contribution in [2.24, 2.45) is 0 Å². The first-order valence-corrected chi connectivity index (χ1v) is 7.38. The minimum Gasteiger partial charge on any atom is -0.504 e. The molecule has 24 heavy (non-hydrogen) atoms. The molecule has 0 bridgehead atoms. The van der Waals surface area contributed by atoms with Gasteiger partial charge in [-0.05, 0) is 24.1 Å². The number of carbonyl (C=O) groups is 1. The monoisotopic (exact) mass is 331 g/mol. The summed E-state index contributed by atoms with van der Waals surface area (Å²) < 4.78 is 5.27. The summed E-state index contributed by atoms with van der Waals surface area (Å²) in [6.45, 7) is 2.28. The van der Waals surface area contributed by atoms with Crippen LogP contribution in [0.3, 0.4) is 0 Å². The van der Waals surface area contributed by atoms with Crippen molar-refractivity contribution in [3.8, 4) is 17.2 Å². The molecule has 2 aromatic carbocycles. The van der Waals surface area contributed by atoms with E-state index in [1.54, 1.807) is 0 Å². The average Bonchev–Trinajstić information content (AvgIpc) is 2.56. The van der Waals surface area contributed by atoms with Crippen LogP contribution in [-0.2, 0) is 6.42 Å². The van der Waals surface area contributed by atoms with Gasteiger partial charge in [0, 0.05) is 18.6 Å². The number of hydrogen-bond acceptors (Lipinski definition) is 6. The Labute approximate surface area is 138 Å². The number of carbonyl (C=O) groups excluding carboxylic acids is 1. The lowest BCUT2D eigenvalue weighted by atomic mass is 10.0. The van der Waals surface area contributed by atoms with Crippen LogP contribution < -0.4 is 4.74 Å². The molecule has 0 unspecified atom stereocenters. The first-order chi connectivity index (χ1) is 11.4. The quantitative estimate of drug-likeness (QED) is 0.349. The van der Waals surface area contributed by atoms with Crippen LogP contribution in [0.4, 0.5) is 5.69 Å². The summed E-state index contributed by atoms with van der Waals surface area (Å²) in [6, 6.07) is 8.38. The molecule has 0 heterocycles.